The Bertz CT molecular complexity index is 475. The Kier molecular flexibility index (Phi) is 3.83. The first-order chi connectivity index (χ1) is 8.65. The molecular formula is C14H17FN2O. The first-order valence-corrected chi connectivity index (χ1v) is 6.32. The van der Waals surface area contributed by atoms with Crippen LogP contribution in [-0.2, 0) is 0 Å². The molecule has 2 rings (SSSR count). The number of rotatable bonds is 2. The van der Waals surface area contributed by atoms with Gasteiger partial charge in [0, 0.05) is 11.6 Å². The van der Waals surface area contributed by atoms with Crippen LogP contribution in [0, 0.1) is 23.1 Å². The number of hydrogen-bond acceptors (Lipinski definition) is 3. The summed E-state index contributed by atoms with van der Waals surface area (Å²) in [6.45, 7) is 0. The second-order valence-corrected chi connectivity index (χ2v) is 4.89. The van der Waals surface area contributed by atoms with Crippen molar-refractivity contribution in [3.05, 3.63) is 29.1 Å². The van der Waals surface area contributed by atoms with Crippen molar-refractivity contribution in [2.24, 2.45) is 11.7 Å². The van der Waals surface area contributed by atoms with Gasteiger partial charge in [0.05, 0.1) is 11.6 Å². The Balaban J connectivity index is 2.36. The minimum absolute atomic E-state index is 0.221. The fourth-order valence-corrected chi connectivity index (χ4v) is 2.75. The maximum atomic E-state index is 13.4. The number of phenols is 1. The molecule has 1 aromatic rings. The van der Waals surface area contributed by atoms with Crippen LogP contribution in [0.5, 0.6) is 5.75 Å². The average molecular weight is 248 g/mol. The number of benzene rings is 1. The van der Waals surface area contributed by atoms with Gasteiger partial charge in [-0.15, -0.1) is 0 Å². The van der Waals surface area contributed by atoms with E-state index >= 15 is 0 Å². The lowest BCUT2D eigenvalue weighted by Crippen LogP contribution is -2.24. The zero-order chi connectivity index (χ0) is 13.1. The minimum Gasteiger partial charge on any atom is -0.505 e. The van der Waals surface area contributed by atoms with E-state index in [0.717, 1.165) is 31.7 Å². The highest BCUT2D eigenvalue weighted by Crippen LogP contribution is 2.38. The van der Waals surface area contributed by atoms with Crippen molar-refractivity contribution in [2.75, 3.05) is 0 Å². The van der Waals surface area contributed by atoms with Gasteiger partial charge < -0.3 is 10.8 Å². The molecule has 3 N–H and O–H groups in total. The van der Waals surface area contributed by atoms with Gasteiger partial charge in [0.1, 0.15) is 0 Å². The summed E-state index contributed by atoms with van der Waals surface area (Å²) in [5, 5.41) is 18.8. The van der Waals surface area contributed by atoms with Crippen LogP contribution in [0.15, 0.2) is 12.1 Å². The van der Waals surface area contributed by atoms with Crippen molar-refractivity contribution >= 4 is 0 Å². The molecule has 0 aliphatic heterocycles. The summed E-state index contributed by atoms with van der Waals surface area (Å²) in [7, 11) is 0. The van der Waals surface area contributed by atoms with Gasteiger partial charge in [-0.1, -0.05) is 19.3 Å². The number of phenolic OH excluding ortho intramolecular Hbond substituents is 1. The average Bonchev–Trinajstić information content (AvgIpc) is 2.42. The molecule has 1 aromatic carbocycles. The van der Waals surface area contributed by atoms with Crippen molar-refractivity contribution in [3.63, 3.8) is 0 Å². The van der Waals surface area contributed by atoms with E-state index in [4.69, 9.17) is 11.0 Å². The van der Waals surface area contributed by atoms with Gasteiger partial charge in [-0.3, -0.25) is 0 Å². The molecule has 3 nitrogen and oxygen atoms in total. The summed E-state index contributed by atoms with van der Waals surface area (Å²) in [5.41, 5.74) is 6.68. The van der Waals surface area contributed by atoms with E-state index in [-0.39, 0.29) is 17.0 Å². The maximum Gasteiger partial charge on any atom is 0.165 e. The summed E-state index contributed by atoms with van der Waals surface area (Å²) in [4.78, 5) is 0. The largest absolute Gasteiger partial charge is 0.505 e. The first-order valence-electron chi connectivity index (χ1n) is 6.32. The number of hydrogen-bond donors (Lipinski definition) is 2. The van der Waals surface area contributed by atoms with Crippen LogP contribution in [-0.4, -0.2) is 5.11 Å². The highest BCUT2D eigenvalue weighted by Gasteiger charge is 2.27. The van der Waals surface area contributed by atoms with Gasteiger partial charge in [-0.2, -0.15) is 5.26 Å². The first kappa shape index (κ1) is 12.8. The number of nitrogens with two attached hydrogens (primary N) is 1. The maximum absolute atomic E-state index is 13.4. The summed E-state index contributed by atoms with van der Waals surface area (Å²) in [6.07, 6.45) is 5.36. The van der Waals surface area contributed by atoms with Gasteiger partial charge in [0.25, 0.3) is 0 Å². The molecule has 0 aromatic heterocycles. The summed E-state index contributed by atoms with van der Waals surface area (Å²) in [6, 6.07) is 4.00. The lowest BCUT2D eigenvalue weighted by molar-refractivity contribution is 0.300. The molecule has 0 amide bonds. The quantitative estimate of drug-likeness (QED) is 0.845. The van der Waals surface area contributed by atoms with E-state index in [0.29, 0.717) is 0 Å². The summed E-state index contributed by atoms with van der Waals surface area (Å²) in [5.74, 6) is -0.957. The van der Waals surface area contributed by atoms with E-state index < -0.39 is 17.6 Å². The van der Waals surface area contributed by atoms with Crippen LogP contribution in [0.2, 0.25) is 0 Å². The van der Waals surface area contributed by atoms with Crippen LogP contribution < -0.4 is 5.73 Å². The lowest BCUT2D eigenvalue weighted by Gasteiger charge is -2.28. The lowest BCUT2D eigenvalue weighted by atomic mass is 9.80. The SMILES string of the molecule is N#Cc1ccc(F)c(O)c1[C@H](N)C1CCCCC1. The van der Waals surface area contributed by atoms with Crippen LogP contribution >= 0.6 is 0 Å². The Hall–Kier alpha value is -1.60. The van der Waals surface area contributed by atoms with E-state index in [9.17, 15) is 9.50 Å². The molecule has 18 heavy (non-hydrogen) atoms. The van der Waals surface area contributed by atoms with Crippen LogP contribution in [0.3, 0.4) is 0 Å². The zero-order valence-corrected chi connectivity index (χ0v) is 10.2. The molecule has 1 aliphatic carbocycles. The van der Waals surface area contributed by atoms with E-state index in [1.807, 2.05) is 6.07 Å². The molecule has 1 aliphatic rings. The molecular weight excluding hydrogens is 231 g/mol. The molecule has 0 saturated heterocycles. The third-order valence-electron chi connectivity index (χ3n) is 3.78. The molecule has 0 spiro atoms. The van der Waals surface area contributed by atoms with Crippen molar-refractivity contribution < 1.29 is 9.50 Å². The summed E-state index contributed by atoms with van der Waals surface area (Å²) >= 11 is 0. The smallest absolute Gasteiger partial charge is 0.165 e. The van der Waals surface area contributed by atoms with Crippen molar-refractivity contribution in [3.8, 4) is 11.8 Å². The number of halogens is 1. The molecule has 1 fully saturated rings. The third-order valence-corrected chi connectivity index (χ3v) is 3.78. The molecule has 1 saturated carbocycles. The monoisotopic (exact) mass is 248 g/mol. The molecule has 1 atom stereocenters. The van der Waals surface area contributed by atoms with Crippen molar-refractivity contribution in [2.45, 2.75) is 38.1 Å². The molecule has 0 radical (unpaired) electrons. The predicted octanol–water partition coefficient (Wildman–Crippen LogP) is 2.98. The van der Waals surface area contributed by atoms with Crippen LogP contribution in [0.1, 0.15) is 49.3 Å². The van der Waals surface area contributed by atoms with Crippen molar-refractivity contribution in [1.29, 1.82) is 5.26 Å². The predicted molar refractivity (Wildman–Crippen MR) is 66.3 cm³/mol. The highest BCUT2D eigenvalue weighted by molar-refractivity contribution is 5.48. The fraction of sp³-hybridized carbons (Fsp3) is 0.500. The fourth-order valence-electron chi connectivity index (χ4n) is 2.75. The second-order valence-electron chi connectivity index (χ2n) is 4.89. The summed E-state index contributed by atoms with van der Waals surface area (Å²) < 4.78 is 13.4. The van der Waals surface area contributed by atoms with Gasteiger partial charge in [-0.25, -0.2) is 4.39 Å². The normalized spacial score (nSPS) is 18.3. The highest BCUT2D eigenvalue weighted by atomic mass is 19.1. The Morgan fingerprint density at radius 2 is 2.00 bits per heavy atom. The van der Waals surface area contributed by atoms with E-state index in [1.165, 1.54) is 12.5 Å². The second kappa shape index (κ2) is 5.36. The standard InChI is InChI=1S/C14H17FN2O/c15-11-7-6-10(8-16)12(14(11)18)13(17)9-4-2-1-3-5-9/h6-7,9,13,18H,1-5,17H2/t13-/m1/s1. The van der Waals surface area contributed by atoms with Crippen molar-refractivity contribution in [1.82, 2.24) is 0 Å². The third kappa shape index (κ3) is 2.32. The number of aromatic hydroxyl groups is 1. The number of nitrogens with zero attached hydrogens (tertiary/aromatic N) is 1. The Morgan fingerprint density at radius 3 is 2.61 bits per heavy atom. The topological polar surface area (TPSA) is 70.0 Å². The molecule has 96 valence electrons. The van der Waals surface area contributed by atoms with Gasteiger partial charge in [0.15, 0.2) is 11.6 Å². The van der Waals surface area contributed by atoms with Crippen LogP contribution in [0.25, 0.3) is 0 Å². The molecule has 0 bridgehead atoms. The van der Waals surface area contributed by atoms with Gasteiger partial charge in [0.2, 0.25) is 0 Å². The number of nitriles is 1. The van der Waals surface area contributed by atoms with E-state index in [2.05, 4.69) is 0 Å². The molecule has 4 heteroatoms. The molecule has 0 unspecified atom stereocenters. The van der Waals surface area contributed by atoms with Crippen LogP contribution in [0.4, 0.5) is 4.39 Å². The Morgan fingerprint density at radius 1 is 1.33 bits per heavy atom. The molecule has 0 heterocycles. The van der Waals surface area contributed by atoms with Gasteiger partial charge >= 0.3 is 0 Å². The van der Waals surface area contributed by atoms with E-state index in [1.54, 1.807) is 0 Å². The Labute approximate surface area is 106 Å². The zero-order valence-electron chi connectivity index (χ0n) is 10.2. The van der Waals surface area contributed by atoms with Gasteiger partial charge in [-0.05, 0) is 30.9 Å². The minimum atomic E-state index is -0.713.